The number of carboxylic acid groups (broad SMARTS) is 1. The Balaban J connectivity index is 2.22. The van der Waals surface area contributed by atoms with Crippen molar-refractivity contribution in [2.24, 2.45) is 0 Å². The topological polar surface area (TPSA) is 83.9 Å². The van der Waals surface area contributed by atoms with Gasteiger partial charge in [0.1, 0.15) is 0 Å². The lowest BCUT2D eigenvalue weighted by atomic mass is 9.98. The zero-order valence-corrected chi connectivity index (χ0v) is 8.70. The number of hydrogen-bond acceptors (Lipinski definition) is 4. The van der Waals surface area contributed by atoms with E-state index in [1.54, 1.807) is 30.3 Å². The van der Waals surface area contributed by atoms with Crippen LogP contribution < -0.4 is 0 Å². The maximum absolute atomic E-state index is 11.8. The molecule has 17 heavy (non-hydrogen) atoms. The summed E-state index contributed by atoms with van der Waals surface area (Å²) in [5.41, 5.74) is 0.669. The molecule has 0 aliphatic carbocycles. The van der Waals surface area contributed by atoms with Gasteiger partial charge in [0.15, 0.2) is 0 Å². The Morgan fingerprint density at radius 3 is 2.53 bits per heavy atom. The molecule has 6 heteroatoms. The van der Waals surface area contributed by atoms with E-state index in [1.807, 2.05) is 0 Å². The van der Waals surface area contributed by atoms with Crippen molar-refractivity contribution in [3.05, 3.63) is 35.9 Å². The lowest BCUT2D eigenvalue weighted by molar-refractivity contribution is -0.175. The molecular formula is C11H9NO5. The fourth-order valence-electron chi connectivity index (χ4n) is 1.73. The quantitative estimate of drug-likeness (QED) is 0.777. The summed E-state index contributed by atoms with van der Waals surface area (Å²) < 4.78 is 0. The summed E-state index contributed by atoms with van der Waals surface area (Å²) in [5.74, 6) is -1.96. The average Bonchev–Trinajstić information content (AvgIpc) is 2.58. The normalized spacial score (nSPS) is 19.5. The predicted octanol–water partition coefficient (Wildman–Crippen LogP) is 1.14. The number of nitrogens with zero attached hydrogens (tertiary/aromatic N) is 1. The maximum atomic E-state index is 11.8. The van der Waals surface area contributed by atoms with Crippen molar-refractivity contribution in [3.8, 4) is 0 Å². The van der Waals surface area contributed by atoms with Crippen LogP contribution in [0.5, 0.6) is 0 Å². The van der Waals surface area contributed by atoms with E-state index in [0.29, 0.717) is 10.6 Å². The molecule has 88 valence electrons. The molecule has 1 heterocycles. The Morgan fingerprint density at radius 1 is 1.29 bits per heavy atom. The molecule has 2 amide bonds. The number of carbonyl (C=O) groups is 3. The van der Waals surface area contributed by atoms with Crippen LogP contribution in [0.2, 0.25) is 0 Å². The lowest BCUT2D eigenvalue weighted by Crippen LogP contribution is -2.32. The van der Waals surface area contributed by atoms with E-state index < -0.39 is 23.9 Å². The van der Waals surface area contributed by atoms with Crippen LogP contribution in [-0.4, -0.2) is 28.1 Å². The molecule has 0 aromatic heterocycles. The smallest absolute Gasteiger partial charge is 0.448 e. The summed E-state index contributed by atoms with van der Waals surface area (Å²) in [4.78, 5) is 37.6. The minimum atomic E-state index is -1.68. The van der Waals surface area contributed by atoms with Gasteiger partial charge in [0.25, 0.3) is 11.8 Å². The molecule has 1 aromatic rings. The molecule has 0 bridgehead atoms. The highest BCUT2D eigenvalue weighted by Gasteiger charge is 2.42. The zero-order valence-electron chi connectivity index (χ0n) is 8.70. The number of benzene rings is 1. The van der Waals surface area contributed by atoms with Crippen LogP contribution in [0.1, 0.15) is 17.9 Å². The van der Waals surface area contributed by atoms with Gasteiger partial charge in [0, 0.05) is 6.42 Å². The summed E-state index contributed by atoms with van der Waals surface area (Å²) in [6.45, 7) is 0. The van der Waals surface area contributed by atoms with Crippen molar-refractivity contribution in [2.75, 3.05) is 0 Å². The number of carbonyl (C=O) groups excluding carboxylic acids is 2. The first kappa shape index (κ1) is 11.1. The first-order valence-corrected chi connectivity index (χ1v) is 4.92. The third-order valence-corrected chi connectivity index (χ3v) is 2.47. The highest BCUT2D eigenvalue weighted by molar-refractivity contribution is 6.05. The van der Waals surface area contributed by atoms with Crippen LogP contribution >= 0.6 is 0 Å². The molecule has 1 N–H and O–H groups in total. The Labute approximate surface area is 96.4 Å². The minimum Gasteiger partial charge on any atom is -0.448 e. The largest absolute Gasteiger partial charge is 0.531 e. The van der Waals surface area contributed by atoms with Gasteiger partial charge in [-0.15, -0.1) is 0 Å². The van der Waals surface area contributed by atoms with Gasteiger partial charge >= 0.3 is 6.16 Å². The van der Waals surface area contributed by atoms with Crippen LogP contribution in [0.25, 0.3) is 0 Å². The van der Waals surface area contributed by atoms with E-state index in [-0.39, 0.29) is 6.42 Å². The summed E-state index contributed by atoms with van der Waals surface area (Å²) in [6.07, 6.45) is -1.75. The van der Waals surface area contributed by atoms with Crippen molar-refractivity contribution in [1.29, 1.82) is 0 Å². The summed E-state index contributed by atoms with van der Waals surface area (Å²) >= 11 is 0. The van der Waals surface area contributed by atoms with Gasteiger partial charge in [-0.25, -0.2) is 4.79 Å². The van der Waals surface area contributed by atoms with Gasteiger partial charge in [0.2, 0.25) is 0 Å². The second-order valence-corrected chi connectivity index (χ2v) is 3.55. The standard InChI is InChI=1S/C11H9NO5/c13-9-6-8(7-4-2-1-3-5-7)10(14)12(9)17-11(15)16/h1-5,8H,6H2,(H,15,16). The molecule has 1 unspecified atom stereocenters. The molecule has 0 radical (unpaired) electrons. The van der Waals surface area contributed by atoms with E-state index in [4.69, 9.17) is 5.11 Å². The van der Waals surface area contributed by atoms with Gasteiger partial charge in [-0.2, -0.15) is 0 Å². The molecule has 6 nitrogen and oxygen atoms in total. The number of hydrogen-bond donors (Lipinski definition) is 1. The number of rotatable bonds is 2. The maximum Gasteiger partial charge on any atom is 0.531 e. The van der Waals surface area contributed by atoms with Crippen molar-refractivity contribution in [2.45, 2.75) is 12.3 Å². The van der Waals surface area contributed by atoms with E-state index in [2.05, 4.69) is 4.84 Å². The Kier molecular flexibility index (Phi) is 2.78. The van der Waals surface area contributed by atoms with Gasteiger partial charge in [-0.1, -0.05) is 35.4 Å². The van der Waals surface area contributed by atoms with Crippen LogP contribution in [0, 0.1) is 0 Å². The molecule has 0 spiro atoms. The fourth-order valence-corrected chi connectivity index (χ4v) is 1.73. The number of hydroxylamine groups is 2. The van der Waals surface area contributed by atoms with Crippen LogP contribution in [0.15, 0.2) is 30.3 Å². The fraction of sp³-hybridized carbons (Fsp3) is 0.182. The van der Waals surface area contributed by atoms with Gasteiger partial charge in [0.05, 0.1) is 5.92 Å². The van der Waals surface area contributed by atoms with Gasteiger partial charge in [-0.3, -0.25) is 14.4 Å². The van der Waals surface area contributed by atoms with Crippen LogP contribution in [0.3, 0.4) is 0 Å². The molecule has 1 aliphatic rings. The van der Waals surface area contributed by atoms with E-state index >= 15 is 0 Å². The zero-order chi connectivity index (χ0) is 12.4. The molecule has 1 aromatic carbocycles. The third kappa shape index (κ3) is 2.10. The Morgan fingerprint density at radius 2 is 1.94 bits per heavy atom. The number of amides is 2. The molecular weight excluding hydrogens is 226 g/mol. The van der Waals surface area contributed by atoms with E-state index in [0.717, 1.165) is 0 Å². The van der Waals surface area contributed by atoms with E-state index in [1.165, 1.54) is 0 Å². The second kappa shape index (κ2) is 4.25. The molecule has 1 atom stereocenters. The minimum absolute atomic E-state index is 0.0733. The van der Waals surface area contributed by atoms with Crippen molar-refractivity contribution in [3.63, 3.8) is 0 Å². The van der Waals surface area contributed by atoms with Crippen molar-refractivity contribution >= 4 is 18.0 Å². The molecule has 1 fully saturated rings. The summed E-state index contributed by atoms with van der Waals surface area (Å²) in [6, 6.07) is 8.69. The lowest BCUT2D eigenvalue weighted by Gasteiger charge is -2.11. The summed E-state index contributed by atoms with van der Waals surface area (Å²) in [5, 5.41) is 8.70. The van der Waals surface area contributed by atoms with Gasteiger partial charge < -0.3 is 5.11 Å². The molecule has 0 saturated carbocycles. The van der Waals surface area contributed by atoms with E-state index in [9.17, 15) is 14.4 Å². The average molecular weight is 235 g/mol. The molecule has 1 saturated heterocycles. The highest BCUT2D eigenvalue weighted by Crippen LogP contribution is 2.29. The SMILES string of the molecule is O=C(O)ON1C(=O)CC(c2ccccc2)C1=O. The summed E-state index contributed by atoms with van der Waals surface area (Å²) in [7, 11) is 0. The predicted molar refractivity (Wildman–Crippen MR) is 54.8 cm³/mol. The van der Waals surface area contributed by atoms with Crippen LogP contribution in [-0.2, 0) is 14.4 Å². The van der Waals surface area contributed by atoms with Crippen LogP contribution in [0.4, 0.5) is 4.79 Å². The van der Waals surface area contributed by atoms with Crippen molar-refractivity contribution in [1.82, 2.24) is 5.06 Å². The first-order valence-electron chi connectivity index (χ1n) is 4.92. The molecule has 1 aliphatic heterocycles. The monoisotopic (exact) mass is 235 g/mol. The Hall–Kier alpha value is -2.37. The highest BCUT2D eigenvalue weighted by atomic mass is 16.8. The third-order valence-electron chi connectivity index (χ3n) is 2.47. The van der Waals surface area contributed by atoms with Crippen molar-refractivity contribution < 1.29 is 24.3 Å². The Bertz CT molecular complexity index is 470. The number of imide groups is 1. The molecule has 2 rings (SSSR count). The first-order chi connectivity index (χ1) is 8.09. The van der Waals surface area contributed by atoms with Gasteiger partial charge in [-0.05, 0) is 5.56 Å². The second-order valence-electron chi connectivity index (χ2n) is 3.55.